The minimum Gasteiger partial charge on any atom is -1.00 e. The zero-order valence-electron chi connectivity index (χ0n) is 30.5. The van der Waals surface area contributed by atoms with Gasteiger partial charge in [0, 0.05) is 19.3 Å². The van der Waals surface area contributed by atoms with Crippen molar-refractivity contribution in [1.82, 2.24) is 0 Å². The Morgan fingerprint density at radius 1 is 0.740 bits per heavy atom. The first-order chi connectivity index (χ1) is 23.4. The maximum absolute atomic E-state index is 12.5. The summed E-state index contributed by atoms with van der Waals surface area (Å²) in [6, 6.07) is 9.74. The smallest absolute Gasteiger partial charge is 1.00 e. The Balaban J connectivity index is 0.0000125. The number of esters is 3. The van der Waals surface area contributed by atoms with Gasteiger partial charge in [0.2, 0.25) is 0 Å². The second-order valence-electron chi connectivity index (χ2n) is 11.2. The molecule has 266 valence electrons. The van der Waals surface area contributed by atoms with Crippen LogP contribution in [0, 0.1) is 0 Å². The van der Waals surface area contributed by atoms with Gasteiger partial charge >= 0.3 is 53.4 Å². The molecule has 50 heavy (non-hydrogen) atoms. The molecule has 0 aliphatic rings. The third kappa shape index (κ3) is 16.4. The van der Waals surface area contributed by atoms with Crippen LogP contribution < -0.4 is 43.8 Å². The van der Waals surface area contributed by atoms with Crippen LogP contribution in [0.25, 0.3) is 12.2 Å². The molecule has 1 N–H and O–H groups in total. The molecule has 0 fully saturated rings. The number of rotatable bonds is 21. The maximum atomic E-state index is 12.5. The number of carboxylic acid groups (broad SMARTS) is 1. The second kappa shape index (κ2) is 23.2. The number of hydrogen-bond acceptors (Lipinski definition) is 11. The molecular weight excluding hydrogens is 659 g/mol. The normalized spacial score (nSPS) is 12.0. The van der Waals surface area contributed by atoms with Gasteiger partial charge in [0.05, 0.1) is 33.5 Å². The SMILES string of the molecule is CCCC(=O)O[C@@H](CC(=O)O)Cc1ccc(/C=C/C(=O)CC(=O)/C=C/c2ccc(OC(=O)C[C@@H](C)OC(=O)CCC)c(OC)c2)cc1OC.[H-].[Na+]. The summed E-state index contributed by atoms with van der Waals surface area (Å²) in [6.45, 7) is 5.28. The van der Waals surface area contributed by atoms with Crippen LogP contribution in [0.3, 0.4) is 0 Å². The first-order valence-corrected chi connectivity index (χ1v) is 15.9. The van der Waals surface area contributed by atoms with Crippen molar-refractivity contribution in [3.05, 3.63) is 65.2 Å². The van der Waals surface area contributed by atoms with Crippen LogP contribution in [0.5, 0.6) is 17.2 Å². The van der Waals surface area contributed by atoms with Gasteiger partial charge in [0.1, 0.15) is 18.0 Å². The van der Waals surface area contributed by atoms with Crippen LogP contribution in [0.15, 0.2) is 48.6 Å². The van der Waals surface area contributed by atoms with Crippen LogP contribution in [0.2, 0.25) is 0 Å². The van der Waals surface area contributed by atoms with Gasteiger partial charge in [-0.25, -0.2) is 0 Å². The van der Waals surface area contributed by atoms with Crippen LogP contribution in [0.4, 0.5) is 0 Å². The molecule has 12 nitrogen and oxygen atoms in total. The van der Waals surface area contributed by atoms with E-state index < -0.39 is 41.7 Å². The number of carbonyl (C=O) groups excluding carboxylic acids is 5. The van der Waals surface area contributed by atoms with E-state index in [-0.39, 0.29) is 87.0 Å². The Morgan fingerprint density at radius 3 is 1.82 bits per heavy atom. The third-order valence-electron chi connectivity index (χ3n) is 6.84. The van der Waals surface area contributed by atoms with E-state index >= 15 is 0 Å². The number of carboxylic acids is 1. The van der Waals surface area contributed by atoms with Crippen molar-refractivity contribution >= 4 is 47.6 Å². The standard InChI is InChI=1S/C37H44O12.Na.H/c1-6-8-35(42)47-24(3)18-37(44)49-31-17-13-26(20-33(31)46-5)12-16-29(39)22-28(38)15-11-25-10-14-27(32(19-25)45-4)21-30(23-34(40)41)48-36(43)9-7-2;;/h10-17,19-20,24,30H,6-9,18,21-23H2,1-5H3,(H,40,41);;/q;+1;-1/b15-11+,16-12+;;/t24-,30-;;/m1../s1. The van der Waals surface area contributed by atoms with Crippen LogP contribution in [-0.4, -0.2) is 67.0 Å². The summed E-state index contributed by atoms with van der Waals surface area (Å²) in [7, 11) is 2.85. The van der Waals surface area contributed by atoms with Gasteiger partial charge in [-0.15, -0.1) is 0 Å². The van der Waals surface area contributed by atoms with Crippen molar-refractivity contribution in [2.45, 2.75) is 84.3 Å². The van der Waals surface area contributed by atoms with Crippen molar-refractivity contribution < 1.29 is 88.5 Å². The Kier molecular flexibility index (Phi) is 20.3. The van der Waals surface area contributed by atoms with Crippen molar-refractivity contribution in [2.75, 3.05) is 14.2 Å². The van der Waals surface area contributed by atoms with E-state index in [4.69, 9.17) is 23.7 Å². The number of carbonyl (C=O) groups is 6. The molecule has 2 atom stereocenters. The van der Waals surface area contributed by atoms with Crippen molar-refractivity contribution in [1.29, 1.82) is 0 Å². The number of methoxy groups -OCH3 is 2. The molecule has 2 aromatic carbocycles. The molecule has 13 heteroatoms. The van der Waals surface area contributed by atoms with E-state index in [1.54, 1.807) is 37.3 Å². The van der Waals surface area contributed by atoms with Crippen LogP contribution >= 0.6 is 0 Å². The van der Waals surface area contributed by atoms with Crippen LogP contribution in [0.1, 0.15) is 83.8 Å². The third-order valence-corrected chi connectivity index (χ3v) is 6.84. The van der Waals surface area contributed by atoms with Crippen LogP contribution in [-0.2, 0) is 44.7 Å². The second-order valence-corrected chi connectivity index (χ2v) is 11.2. The number of hydrogen-bond donors (Lipinski definition) is 1. The largest absolute Gasteiger partial charge is 1.00 e. The molecule has 0 saturated carbocycles. The molecule has 0 heterocycles. The summed E-state index contributed by atoms with van der Waals surface area (Å²) < 4.78 is 26.7. The average Bonchev–Trinajstić information content (AvgIpc) is 3.03. The minimum absolute atomic E-state index is 0. The van der Waals surface area contributed by atoms with E-state index in [1.165, 1.54) is 44.6 Å². The zero-order valence-corrected chi connectivity index (χ0v) is 31.5. The summed E-state index contributed by atoms with van der Waals surface area (Å²) >= 11 is 0. The summed E-state index contributed by atoms with van der Waals surface area (Å²) in [4.78, 5) is 72.2. The number of ether oxygens (including phenoxy) is 5. The predicted molar refractivity (Wildman–Crippen MR) is 181 cm³/mol. The molecule has 0 aliphatic heterocycles. The van der Waals surface area contributed by atoms with E-state index in [0.717, 1.165) is 0 Å². The fourth-order valence-corrected chi connectivity index (χ4v) is 4.55. The Hall–Kier alpha value is -4.26. The van der Waals surface area contributed by atoms with Gasteiger partial charge in [0.15, 0.2) is 23.1 Å². The summed E-state index contributed by atoms with van der Waals surface area (Å²) in [5.74, 6) is -2.60. The van der Waals surface area contributed by atoms with Gasteiger partial charge in [0.25, 0.3) is 0 Å². The predicted octanol–water partition coefficient (Wildman–Crippen LogP) is 2.83. The van der Waals surface area contributed by atoms with E-state index in [1.807, 2.05) is 13.8 Å². The topological polar surface area (TPSA) is 169 Å². The molecule has 0 bridgehead atoms. The monoisotopic (exact) mass is 704 g/mol. The molecule has 0 aromatic heterocycles. The number of allylic oxidation sites excluding steroid dienone is 2. The maximum Gasteiger partial charge on any atom is 1.00 e. The first kappa shape index (κ1) is 43.8. The Labute approximate surface area is 315 Å². The first-order valence-electron chi connectivity index (χ1n) is 15.9. The van der Waals surface area contributed by atoms with E-state index in [2.05, 4.69) is 0 Å². The van der Waals surface area contributed by atoms with Gasteiger partial charge in [-0.1, -0.05) is 44.2 Å². The fraction of sp³-hybridized carbons (Fsp3) is 0.405. The molecule has 0 amide bonds. The number of ketones is 2. The molecule has 0 saturated heterocycles. The van der Waals surface area contributed by atoms with Crippen molar-refractivity contribution in [2.24, 2.45) is 0 Å². The zero-order chi connectivity index (χ0) is 36.3. The fourth-order valence-electron chi connectivity index (χ4n) is 4.55. The van der Waals surface area contributed by atoms with E-state index in [9.17, 15) is 33.9 Å². The van der Waals surface area contributed by atoms with Gasteiger partial charge in [-0.3, -0.25) is 28.8 Å². The Bertz CT molecular complexity index is 1550. The minimum atomic E-state index is -1.10. The Morgan fingerprint density at radius 2 is 1.28 bits per heavy atom. The van der Waals surface area contributed by atoms with Gasteiger partial charge in [-0.2, -0.15) is 0 Å². The van der Waals surface area contributed by atoms with Gasteiger partial charge in [-0.05, 0) is 66.8 Å². The molecule has 0 unspecified atom stereocenters. The summed E-state index contributed by atoms with van der Waals surface area (Å²) in [6.07, 6.45) is 4.99. The number of benzene rings is 2. The quantitative estimate of drug-likeness (QED) is 0.0664. The van der Waals surface area contributed by atoms with E-state index in [0.29, 0.717) is 35.3 Å². The molecule has 2 aromatic rings. The molecule has 2 rings (SSSR count). The van der Waals surface area contributed by atoms with Crippen molar-refractivity contribution in [3.63, 3.8) is 0 Å². The summed E-state index contributed by atoms with van der Waals surface area (Å²) in [5, 5.41) is 9.24. The molecule has 0 spiro atoms. The van der Waals surface area contributed by atoms with Gasteiger partial charge < -0.3 is 30.2 Å². The molecule has 0 aliphatic carbocycles. The molecule has 0 radical (unpaired) electrons. The summed E-state index contributed by atoms with van der Waals surface area (Å²) in [5.41, 5.74) is 1.80. The van der Waals surface area contributed by atoms with Crippen molar-refractivity contribution in [3.8, 4) is 17.2 Å². The molecular formula is C37H45NaO12. The average molecular weight is 705 g/mol. The number of aliphatic carboxylic acids is 1.